The highest BCUT2D eigenvalue weighted by molar-refractivity contribution is 9.10. The van der Waals surface area contributed by atoms with Crippen LogP contribution in [-0.2, 0) is 0 Å². The van der Waals surface area contributed by atoms with Crippen LogP contribution in [0.4, 0.5) is 5.82 Å². The van der Waals surface area contributed by atoms with Gasteiger partial charge in [-0.05, 0) is 41.6 Å². The van der Waals surface area contributed by atoms with Gasteiger partial charge in [-0.1, -0.05) is 0 Å². The maximum atomic E-state index is 6.01. The zero-order valence-electron chi connectivity index (χ0n) is 10.4. The number of hydrogen-bond acceptors (Lipinski definition) is 4. The Bertz CT molecular complexity index is 642. The van der Waals surface area contributed by atoms with Crippen molar-refractivity contribution >= 4 is 21.7 Å². The fraction of sp³-hybridized carbons (Fsp3) is 0.462. The van der Waals surface area contributed by atoms with Crippen LogP contribution in [-0.4, -0.2) is 19.5 Å². The first kappa shape index (κ1) is 11.4. The molecule has 2 aliphatic carbocycles. The average molecular weight is 320 g/mol. The zero-order valence-corrected chi connectivity index (χ0v) is 12.0. The number of hydrogen-bond donors (Lipinski definition) is 1. The normalized spacial score (nSPS) is 18.8. The molecular formula is C13H14BrN5. The van der Waals surface area contributed by atoms with E-state index in [1.807, 2.05) is 12.5 Å². The first-order chi connectivity index (χ1) is 9.24. The van der Waals surface area contributed by atoms with Crippen LogP contribution in [0.15, 0.2) is 17.0 Å². The summed E-state index contributed by atoms with van der Waals surface area (Å²) in [7, 11) is 0. The molecule has 2 aromatic heterocycles. The van der Waals surface area contributed by atoms with Crippen molar-refractivity contribution in [3.63, 3.8) is 0 Å². The van der Waals surface area contributed by atoms with Gasteiger partial charge in [0.05, 0.1) is 22.7 Å². The summed E-state index contributed by atoms with van der Waals surface area (Å²) in [4.78, 5) is 13.4. The molecule has 0 bridgehead atoms. The Morgan fingerprint density at radius 2 is 2.00 bits per heavy atom. The number of halogens is 1. The van der Waals surface area contributed by atoms with E-state index in [1.165, 1.54) is 25.7 Å². The van der Waals surface area contributed by atoms with Gasteiger partial charge < -0.3 is 10.3 Å². The predicted molar refractivity (Wildman–Crippen MR) is 75.6 cm³/mol. The first-order valence-corrected chi connectivity index (χ1v) is 7.38. The van der Waals surface area contributed by atoms with E-state index in [2.05, 4.69) is 30.5 Å². The van der Waals surface area contributed by atoms with Crippen LogP contribution in [0.5, 0.6) is 0 Å². The SMILES string of the molecule is Nc1nc(-c2cncn2C2CC2)nc(C2CC2)c1Br. The Morgan fingerprint density at radius 1 is 1.21 bits per heavy atom. The summed E-state index contributed by atoms with van der Waals surface area (Å²) in [6.45, 7) is 0. The summed E-state index contributed by atoms with van der Waals surface area (Å²) in [5.41, 5.74) is 8.03. The minimum Gasteiger partial charge on any atom is -0.383 e. The third-order valence-corrected chi connectivity index (χ3v) is 4.51. The summed E-state index contributed by atoms with van der Waals surface area (Å²) in [6, 6.07) is 0.565. The smallest absolute Gasteiger partial charge is 0.180 e. The van der Waals surface area contributed by atoms with Crippen molar-refractivity contribution in [2.24, 2.45) is 0 Å². The van der Waals surface area contributed by atoms with Crippen LogP contribution in [0.2, 0.25) is 0 Å². The summed E-state index contributed by atoms with van der Waals surface area (Å²) >= 11 is 3.51. The van der Waals surface area contributed by atoms with E-state index >= 15 is 0 Å². The van der Waals surface area contributed by atoms with Crippen molar-refractivity contribution in [1.82, 2.24) is 19.5 Å². The molecule has 0 spiro atoms. The van der Waals surface area contributed by atoms with Crippen molar-refractivity contribution in [3.05, 3.63) is 22.7 Å². The van der Waals surface area contributed by atoms with Crippen LogP contribution >= 0.6 is 15.9 Å². The minimum absolute atomic E-state index is 0.524. The summed E-state index contributed by atoms with van der Waals surface area (Å²) in [5, 5.41) is 0. The van der Waals surface area contributed by atoms with Crippen molar-refractivity contribution in [2.45, 2.75) is 37.6 Å². The highest BCUT2D eigenvalue weighted by Crippen LogP contribution is 2.44. The van der Waals surface area contributed by atoms with Gasteiger partial charge >= 0.3 is 0 Å². The third-order valence-electron chi connectivity index (χ3n) is 3.70. The molecule has 19 heavy (non-hydrogen) atoms. The molecular weight excluding hydrogens is 306 g/mol. The second-order valence-electron chi connectivity index (χ2n) is 5.32. The van der Waals surface area contributed by atoms with Gasteiger partial charge in [-0.3, -0.25) is 0 Å². The van der Waals surface area contributed by atoms with Gasteiger partial charge in [0.15, 0.2) is 5.82 Å². The summed E-state index contributed by atoms with van der Waals surface area (Å²) in [6.07, 6.45) is 8.51. The highest BCUT2D eigenvalue weighted by Gasteiger charge is 2.31. The molecule has 2 heterocycles. The lowest BCUT2D eigenvalue weighted by Crippen LogP contribution is -2.05. The maximum absolute atomic E-state index is 6.01. The largest absolute Gasteiger partial charge is 0.383 e. The number of nitrogens with zero attached hydrogens (tertiary/aromatic N) is 4. The lowest BCUT2D eigenvalue weighted by molar-refractivity contribution is 0.742. The van der Waals surface area contributed by atoms with E-state index in [1.54, 1.807) is 0 Å². The van der Waals surface area contributed by atoms with E-state index in [9.17, 15) is 0 Å². The van der Waals surface area contributed by atoms with Gasteiger partial charge in [0.1, 0.15) is 11.5 Å². The van der Waals surface area contributed by atoms with Gasteiger partial charge in [-0.2, -0.15) is 0 Å². The molecule has 0 unspecified atom stereocenters. The van der Waals surface area contributed by atoms with E-state index < -0.39 is 0 Å². The van der Waals surface area contributed by atoms with Gasteiger partial charge in [0, 0.05) is 12.0 Å². The maximum Gasteiger partial charge on any atom is 0.180 e. The van der Waals surface area contributed by atoms with Crippen molar-refractivity contribution in [3.8, 4) is 11.5 Å². The van der Waals surface area contributed by atoms with E-state index in [0.717, 1.165) is 15.9 Å². The Kier molecular flexibility index (Phi) is 2.42. The van der Waals surface area contributed by atoms with Crippen molar-refractivity contribution < 1.29 is 0 Å². The number of anilines is 1. The molecule has 0 saturated heterocycles. The predicted octanol–water partition coefficient (Wildman–Crippen LogP) is 2.90. The molecule has 0 aromatic carbocycles. The molecule has 0 atom stereocenters. The quantitative estimate of drug-likeness (QED) is 0.944. The second-order valence-corrected chi connectivity index (χ2v) is 6.12. The molecule has 4 rings (SSSR count). The van der Waals surface area contributed by atoms with Crippen LogP contribution in [0.25, 0.3) is 11.5 Å². The number of aromatic nitrogens is 4. The molecule has 2 saturated carbocycles. The summed E-state index contributed by atoms with van der Waals surface area (Å²) < 4.78 is 3.02. The van der Waals surface area contributed by atoms with Crippen LogP contribution in [0.3, 0.4) is 0 Å². The Balaban J connectivity index is 1.83. The molecule has 2 aliphatic rings. The number of nitrogens with two attached hydrogens (primary N) is 1. The monoisotopic (exact) mass is 319 g/mol. The number of imidazole rings is 1. The van der Waals surface area contributed by atoms with Gasteiger partial charge in [0.25, 0.3) is 0 Å². The number of rotatable bonds is 3. The molecule has 0 aliphatic heterocycles. The van der Waals surface area contributed by atoms with Crippen LogP contribution in [0.1, 0.15) is 43.3 Å². The average Bonchev–Trinajstić information content (AvgIpc) is 3.32. The molecule has 2 fully saturated rings. The lowest BCUT2D eigenvalue weighted by Gasteiger charge is -2.10. The molecule has 0 radical (unpaired) electrons. The molecule has 2 N–H and O–H groups in total. The standard InChI is InChI=1S/C13H14BrN5/c14-10-11(7-1-2-7)17-13(18-12(10)15)9-5-16-6-19(9)8-3-4-8/h5-8H,1-4H2,(H2,15,17,18). The Labute approximate surface area is 119 Å². The second kappa shape index (κ2) is 4.03. The van der Waals surface area contributed by atoms with Gasteiger partial charge in [0.2, 0.25) is 0 Å². The van der Waals surface area contributed by atoms with E-state index in [4.69, 9.17) is 10.7 Å². The fourth-order valence-corrected chi connectivity index (χ4v) is 2.85. The van der Waals surface area contributed by atoms with E-state index in [-0.39, 0.29) is 0 Å². The zero-order chi connectivity index (χ0) is 13.0. The topological polar surface area (TPSA) is 69.6 Å². The number of nitrogen functional groups attached to an aromatic ring is 1. The van der Waals surface area contributed by atoms with Crippen molar-refractivity contribution in [2.75, 3.05) is 5.73 Å². The Morgan fingerprint density at radius 3 is 2.68 bits per heavy atom. The molecule has 98 valence electrons. The molecule has 2 aromatic rings. The van der Waals surface area contributed by atoms with Gasteiger partial charge in [-0.25, -0.2) is 15.0 Å². The fourth-order valence-electron chi connectivity index (χ4n) is 2.35. The molecule has 5 nitrogen and oxygen atoms in total. The van der Waals surface area contributed by atoms with Crippen LogP contribution < -0.4 is 5.73 Å². The molecule has 0 amide bonds. The van der Waals surface area contributed by atoms with E-state index in [0.29, 0.717) is 23.6 Å². The minimum atomic E-state index is 0.524. The molecule has 6 heteroatoms. The van der Waals surface area contributed by atoms with Crippen molar-refractivity contribution in [1.29, 1.82) is 0 Å². The van der Waals surface area contributed by atoms with Crippen LogP contribution in [0, 0.1) is 0 Å². The van der Waals surface area contributed by atoms with Gasteiger partial charge in [-0.15, -0.1) is 0 Å². The highest BCUT2D eigenvalue weighted by atomic mass is 79.9. The lowest BCUT2D eigenvalue weighted by atomic mass is 10.2. The first-order valence-electron chi connectivity index (χ1n) is 6.59. The summed E-state index contributed by atoms with van der Waals surface area (Å²) in [5.74, 6) is 1.76. The Hall–Kier alpha value is -1.43. The third kappa shape index (κ3) is 1.94.